The number of carboxylic acid groups (broad SMARTS) is 1. The van der Waals surface area contributed by atoms with Crippen LogP contribution in [0.1, 0.15) is 12.0 Å². The highest BCUT2D eigenvalue weighted by atomic mass is 79.9. The zero-order valence-electron chi connectivity index (χ0n) is 9.40. The van der Waals surface area contributed by atoms with Crippen molar-refractivity contribution in [3.05, 3.63) is 34.3 Å². The molecule has 0 spiro atoms. The van der Waals surface area contributed by atoms with Crippen molar-refractivity contribution in [1.82, 2.24) is 4.90 Å². The minimum Gasteiger partial charge on any atom is -0.480 e. The first-order valence-electron chi connectivity index (χ1n) is 5.49. The van der Waals surface area contributed by atoms with E-state index in [4.69, 9.17) is 10.8 Å². The summed E-state index contributed by atoms with van der Waals surface area (Å²) in [7, 11) is 0. The standard InChI is InChI=1S/C12H15BrN2O2/c13-10-3-1-9(2-4-10)7-15-6-5-12(14,8-15)11(16)17/h1-4H,5-8,14H2,(H,16,17). The molecule has 1 aromatic carbocycles. The lowest BCUT2D eigenvalue weighted by Gasteiger charge is -2.20. The van der Waals surface area contributed by atoms with Crippen LogP contribution in [0.2, 0.25) is 0 Å². The molecule has 17 heavy (non-hydrogen) atoms. The van der Waals surface area contributed by atoms with E-state index in [1.54, 1.807) is 0 Å². The molecule has 3 N–H and O–H groups in total. The van der Waals surface area contributed by atoms with Gasteiger partial charge in [0.2, 0.25) is 0 Å². The second-order valence-electron chi connectivity index (χ2n) is 4.55. The predicted octanol–water partition coefficient (Wildman–Crippen LogP) is 1.44. The summed E-state index contributed by atoms with van der Waals surface area (Å²) < 4.78 is 1.04. The summed E-state index contributed by atoms with van der Waals surface area (Å²) in [6.07, 6.45) is 0.513. The zero-order valence-corrected chi connectivity index (χ0v) is 11.0. The van der Waals surface area contributed by atoms with Crippen LogP contribution in [0.15, 0.2) is 28.7 Å². The Kier molecular flexibility index (Phi) is 3.51. The van der Waals surface area contributed by atoms with Gasteiger partial charge in [-0.1, -0.05) is 28.1 Å². The van der Waals surface area contributed by atoms with E-state index in [-0.39, 0.29) is 0 Å². The predicted molar refractivity (Wildman–Crippen MR) is 68.6 cm³/mol. The van der Waals surface area contributed by atoms with Crippen LogP contribution in [0.25, 0.3) is 0 Å². The molecule has 1 fully saturated rings. The maximum atomic E-state index is 11.0. The van der Waals surface area contributed by atoms with Gasteiger partial charge >= 0.3 is 5.97 Å². The second-order valence-corrected chi connectivity index (χ2v) is 5.46. The number of nitrogens with two attached hydrogens (primary N) is 1. The molecule has 1 heterocycles. The van der Waals surface area contributed by atoms with E-state index < -0.39 is 11.5 Å². The summed E-state index contributed by atoms with van der Waals surface area (Å²) in [6, 6.07) is 8.03. The van der Waals surface area contributed by atoms with Crippen molar-refractivity contribution in [3.63, 3.8) is 0 Å². The van der Waals surface area contributed by atoms with Crippen LogP contribution in [0.3, 0.4) is 0 Å². The summed E-state index contributed by atoms with van der Waals surface area (Å²) >= 11 is 3.38. The van der Waals surface area contributed by atoms with Crippen molar-refractivity contribution in [2.75, 3.05) is 13.1 Å². The third kappa shape index (κ3) is 2.86. The number of likely N-dealkylation sites (tertiary alicyclic amines) is 1. The Morgan fingerprint density at radius 2 is 2.12 bits per heavy atom. The average Bonchev–Trinajstić information content (AvgIpc) is 2.65. The van der Waals surface area contributed by atoms with Gasteiger partial charge < -0.3 is 10.8 Å². The number of aliphatic carboxylic acids is 1. The van der Waals surface area contributed by atoms with Gasteiger partial charge in [-0.25, -0.2) is 0 Å². The summed E-state index contributed by atoms with van der Waals surface area (Å²) in [4.78, 5) is 13.1. The SMILES string of the molecule is NC1(C(=O)O)CCN(Cc2ccc(Br)cc2)C1. The Balaban J connectivity index is 1.98. The van der Waals surface area contributed by atoms with E-state index >= 15 is 0 Å². The minimum atomic E-state index is -1.07. The van der Waals surface area contributed by atoms with Crippen LogP contribution in [-0.2, 0) is 11.3 Å². The van der Waals surface area contributed by atoms with Crippen LogP contribution >= 0.6 is 15.9 Å². The summed E-state index contributed by atoms with van der Waals surface area (Å²) in [5.41, 5.74) is 5.92. The van der Waals surface area contributed by atoms with Gasteiger partial charge in [0, 0.05) is 24.1 Å². The van der Waals surface area contributed by atoms with Gasteiger partial charge in [0.1, 0.15) is 5.54 Å². The molecule has 1 atom stereocenters. The fourth-order valence-electron chi connectivity index (χ4n) is 2.07. The van der Waals surface area contributed by atoms with E-state index in [2.05, 4.69) is 20.8 Å². The van der Waals surface area contributed by atoms with Gasteiger partial charge in [0.05, 0.1) is 0 Å². The molecule has 1 saturated heterocycles. The number of hydrogen-bond donors (Lipinski definition) is 2. The Bertz CT molecular complexity index is 421. The van der Waals surface area contributed by atoms with Crippen molar-refractivity contribution in [3.8, 4) is 0 Å². The lowest BCUT2D eigenvalue weighted by Crippen LogP contribution is -2.50. The lowest BCUT2D eigenvalue weighted by molar-refractivity contribution is -0.142. The summed E-state index contributed by atoms with van der Waals surface area (Å²) in [5, 5.41) is 9.03. The van der Waals surface area contributed by atoms with Crippen LogP contribution in [0.5, 0.6) is 0 Å². The quantitative estimate of drug-likeness (QED) is 0.886. The van der Waals surface area contributed by atoms with Crippen LogP contribution in [-0.4, -0.2) is 34.6 Å². The number of rotatable bonds is 3. The summed E-state index contributed by atoms with van der Waals surface area (Å²) in [6.45, 7) is 1.90. The molecule has 0 amide bonds. The highest BCUT2D eigenvalue weighted by molar-refractivity contribution is 9.10. The Labute approximate surface area is 109 Å². The largest absolute Gasteiger partial charge is 0.480 e. The lowest BCUT2D eigenvalue weighted by atomic mass is 10.0. The van der Waals surface area contributed by atoms with Crippen LogP contribution in [0, 0.1) is 0 Å². The van der Waals surface area contributed by atoms with E-state index in [9.17, 15) is 4.79 Å². The Morgan fingerprint density at radius 1 is 1.47 bits per heavy atom. The third-order valence-corrected chi connectivity index (χ3v) is 3.65. The summed E-state index contributed by atoms with van der Waals surface area (Å²) in [5.74, 6) is -0.907. The fourth-order valence-corrected chi connectivity index (χ4v) is 2.34. The molecular formula is C12H15BrN2O2. The third-order valence-electron chi connectivity index (χ3n) is 3.13. The molecule has 0 aliphatic carbocycles. The monoisotopic (exact) mass is 298 g/mol. The average molecular weight is 299 g/mol. The number of halogens is 1. The van der Waals surface area contributed by atoms with Crippen LogP contribution in [0.4, 0.5) is 0 Å². The molecule has 2 rings (SSSR count). The first-order valence-corrected chi connectivity index (χ1v) is 6.28. The van der Waals surface area contributed by atoms with Crippen molar-refractivity contribution < 1.29 is 9.90 Å². The van der Waals surface area contributed by atoms with Crippen LogP contribution < -0.4 is 5.73 Å². The number of carbonyl (C=O) groups is 1. The van der Waals surface area contributed by atoms with E-state index in [0.717, 1.165) is 17.6 Å². The first-order chi connectivity index (χ1) is 7.99. The Hall–Kier alpha value is -0.910. The highest BCUT2D eigenvalue weighted by Crippen LogP contribution is 2.21. The normalized spacial score (nSPS) is 25.1. The number of carboxylic acids is 1. The molecular weight excluding hydrogens is 284 g/mol. The molecule has 1 unspecified atom stereocenters. The number of nitrogens with zero attached hydrogens (tertiary/aromatic N) is 1. The molecule has 1 aromatic rings. The van der Waals surface area contributed by atoms with Crippen molar-refractivity contribution >= 4 is 21.9 Å². The first kappa shape index (κ1) is 12.5. The molecule has 0 saturated carbocycles. The van der Waals surface area contributed by atoms with Gasteiger partial charge in [0.25, 0.3) is 0 Å². The van der Waals surface area contributed by atoms with Gasteiger partial charge in [-0.3, -0.25) is 9.69 Å². The smallest absolute Gasteiger partial charge is 0.325 e. The molecule has 1 aliphatic heterocycles. The molecule has 0 aromatic heterocycles. The van der Waals surface area contributed by atoms with E-state index in [1.165, 1.54) is 5.56 Å². The topological polar surface area (TPSA) is 66.6 Å². The molecule has 0 radical (unpaired) electrons. The van der Waals surface area contributed by atoms with Crippen molar-refractivity contribution in [2.45, 2.75) is 18.5 Å². The second kappa shape index (κ2) is 4.76. The maximum absolute atomic E-state index is 11.0. The minimum absolute atomic E-state index is 0.415. The van der Waals surface area contributed by atoms with Crippen molar-refractivity contribution in [2.24, 2.45) is 5.73 Å². The fraction of sp³-hybridized carbons (Fsp3) is 0.417. The van der Waals surface area contributed by atoms with Gasteiger partial charge in [-0.15, -0.1) is 0 Å². The number of hydrogen-bond acceptors (Lipinski definition) is 3. The molecule has 5 heteroatoms. The molecule has 4 nitrogen and oxygen atoms in total. The zero-order chi connectivity index (χ0) is 12.5. The van der Waals surface area contributed by atoms with Crippen molar-refractivity contribution in [1.29, 1.82) is 0 Å². The Morgan fingerprint density at radius 3 is 2.65 bits per heavy atom. The molecule has 92 valence electrons. The highest BCUT2D eigenvalue weighted by Gasteiger charge is 2.40. The maximum Gasteiger partial charge on any atom is 0.325 e. The van der Waals surface area contributed by atoms with Gasteiger partial charge in [-0.2, -0.15) is 0 Å². The van der Waals surface area contributed by atoms with Gasteiger partial charge in [-0.05, 0) is 24.1 Å². The van der Waals surface area contributed by atoms with Gasteiger partial charge in [0.15, 0.2) is 0 Å². The molecule has 0 bridgehead atoms. The number of benzene rings is 1. The molecule has 1 aliphatic rings. The van der Waals surface area contributed by atoms with E-state index in [1.807, 2.05) is 24.3 Å². The van der Waals surface area contributed by atoms with E-state index in [0.29, 0.717) is 13.0 Å².